The maximum atomic E-state index is 13.8. The van der Waals surface area contributed by atoms with Crippen molar-refractivity contribution in [1.29, 1.82) is 5.26 Å². The van der Waals surface area contributed by atoms with Gasteiger partial charge in [-0.15, -0.1) is 11.3 Å². The van der Waals surface area contributed by atoms with Crippen LogP contribution in [0.3, 0.4) is 0 Å². The Balaban J connectivity index is 2.02. The number of anilines is 1. The molecular formula is C18H14F3N3S. The summed E-state index contributed by atoms with van der Waals surface area (Å²) in [6.07, 6.45) is 0.614. The Labute approximate surface area is 147 Å². The first-order valence-corrected chi connectivity index (χ1v) is 8.30. The summed E-state index contributed by atoms with van der Waals surface area (Å²) in [5, 5.41) is 9.40. The average Bonchev–Trinajstić information content (AvgIpc) is 2.97. The van der Waals surface area contributed by atoms with Crippen molar-refractivity contribution in [2.24, 2.45) is 0 Å². The fraction of sp³-hybridized carbons (Fsp3) is 0.222. The molecule has 1 aromatic heterocycles. The number of fused-ring (bicyclic) bond motifs is 1. The van der Waals surface area contributed by atoms with E-state index in [0.29, 0.717) is 17.5 Å². The summed E-state index contributed by atoms with van der Waals surface area (Å²) >= 11 is 1.00. The molecule has 0 fully saturated rings. The minimum Gasteiger partial charge on any atom is -0.378 e. The molecule has 3 rings (SSSR count). The van der Waals surface area contributed by atoms with Crippen molar-refractivity contribution in [3.8, 4) is 6.07 Å². The summed E-state index contributed by atoms with van der Waals surface area (Å²) in [6.45, 7) is 0. The highest BCUT2D eigenvalue weighted by Crippen LogP contribution is 2.30. The van der Waals surface area contributed by atoms with Crippen LogP contribution in [0.4, 0.5) is 18.9 Å². The molecule has 0 amide bonds. The predicted molar refractivity (Wildman–Crippen MR) is 92.4 cm³/mol. The Morgan fingerprint density at radius 1 is 1.08 bits per heavy atom. The van der Waals surface area contributed by atoms with Gasteiger partial charge >= 0.3 is 0 Å². The Kier molecular flexibility index (Phi) is 4.64. The molecule has 7 heteroatoms. The van der Waals surface area contributed by atoms with Gasteiger partial charge in [0.2, 0.25) is 0 Å². The van der Waals surface area contributed by atoms with Crippen LogP contribution in [-0.4, -0.2) is 19.1 Å². The minimum absolute atomic E-state index is 0.00918. The monoisotopic (exact) mass is 361 g/mol. The normalized spacial score (nSPS) is 10.9. The second kappa shape index (κ2) is 6.73. The third-order valence-electron chi connectivity index (χ3n) is 3.75. The molecule has 0 aliphatic rings. The lowest BCUT2D eigenvalue weighted by Crippen LogP contribution is -2.09. The third-order valence-corrected chi connectivity index (χ3v) is 4.82. The van der Waals surface area contributed by atoms with E-state index in [9.17, 15) is 13.2 Å². The largest absolute Gasteiger partial charge is 0.378 e. The Morgan fingerprint density at radius 2 is 1.80 bits per heavy atom. The molecule has 0 unspecified atom stereocenters. The molecule has 0 aliphatic heterocycles. The average molecular weight is 361 g/mol. The summed E-state index contributed by atoms with van der Waals surface area (Å²) in [6, 6.07) is 8.37. The van der Waals surface area contributed by atoms with Gasteiger partial charge in [0, 0.05) is 32.3 Å². The van der Waals surface area contributed by atoms with Gasteiger partial charge in [-0.25, -0.2) is 18.2 Å². The SMILES string of the molecule is CN(C)c1cc(CC#N)cc(Cc2nc3c(F)c(F)cc(F)c3s2)c1. The first kappa shape index (κ1) is 17.2. The van der Waals surface area contributed by atoms with Crippen molar-refractivity contribution in [2.75, 3.05) is 19.0 Å². The lowest BCUT2D eigenvalue weighted by atomic mass is 10.0. The van der Waals surface area contributed by atoms with Gasteiger partial charge in [0.1, 0.15) is 11.3 Å². The van der Waals surface area contributed by atoms with Crippen molar-refractivity contribution in [3.63, 3.8) is 0 Å². The maximum absolute atomic E-state index is 13.8. The van der Waals surface area contributed by atoms with E-state index in [0.717, 1.165) is 28.2 Å². The molecule has 2 aromatic carbocycles. The number of aromatic nitrogens is 1. The van der Waals surface area contributed by atoms with Crippen molar-refractivity contribution in [2.45, 2.75) is 12.8 Å². The number of hydrogen-bond donors (Lipinski definition) is 0. The molecule has 0 atom stereocenters. The standard InChI is InChI=1S/C18H14F3N3S/c1-24(2)12-6-10(3-4-22)5-11(7-12)8-15-23-17-16(21)13(19)9-14(20)18(17)25-15/h5-7,9H,3,8H2,1-2H3. The number of rotatable bonds is 4. The van der Waals surface area contributed by atoms with Gasteiger partial charge in [0.05, 0.1) is 22.2 Å². The summed E-state index contributed by atoms with van der Waals surface area (Å²) < 4.78 is 41.0. The first-order chi connectivity index (χ1) is 11.9. The van der Waals surface area contributed by atoms with Crippen LogP contribution < -0.4 is 4.90 Å². The molecule has 0 radical (unpaired) electrons. The smallest absolute Gasteiger partial charge is 0.186 e. The van der Waals surface area contributed by atoms with Gasteiger partial charge in [-0.2, -0.15) is 5.26 Å². The Bertz CT molecular complexity index is 989. The second-order valence-corrected chi connectivity index (χ2v) is 6.94. The van der Waals surface area contributed by atoms with E-state index in [-0.39, 0.29) is 16.6 Å². The van der Waals surface area contributed by atoms with E-state index >= 15 is 0 Å². The lowest BCUT2D eigenvalue weighted by molar-refractivity contribution is 0.504. The van der Waals surface area contributed by atoms with Crippen molar-refractivity contribution in [3.05, 3.63) is 57.9 Å². The van der Waals surface area contributed by atoms with E-state index in [1.165, 1.54) is 0 Å². The highest BCUT2D eigenvalue weighted by atomic mass is 32.1. The topological polar surface area (TPSA) is 39.9 Å². The molecule has 3 aromatic rings. The van der Waals surface area contributed by atoms with Crippen LogP contribution in [0.25, 0.3) is 10.2 Å². The molecule has 0 aliphatic carbocycles. The molecule has 3 nitrogen and oxygen atoms in total. The van der Waals surface area contributed by atoms with Crippen molar-refractivity contribution >= 4 is 27.2 Å². The fourth-order valence-corrected chi connectivity index (χ4v) is 3.57. The zero-order valence-corrected chi connectivity index (χ0v) is 14.4. The molecule has 0 saturated heterocycles. The number of nitriles is 1. The third kappa shape index (κ3) is 3.44. The highest BCUT2D eigenvalue weighted by Gasteiger charge is 2.17. The van der Waals surface area contributed by atoms with Crippen molar-refractivity contribution < 1.29 is 13.2 Å². The minimum atomic E-state index is -1.24. The number of benzene rings is 2. The zero-order chi connectivity index (χ0) is 18.1. The predicted octanol–water partition coefficient (Wildman–Crippen LogP) is 4.44. The maximum Gasteiger partial charge on any atom is 0.186 e. The van der Waals surface area contributed by atoms with E-state index in [1.54, 1.807) is 0 Å². The van der Waals surface area contributed by atoms with Gasteiger partial charge in [-0.1, -0.05) is 6.07 Å². The second-order valence-electron chi connectivity index (χ2n) is 5.85. The van der Waals surface area contributed by atoms with Gasteiger partial charge < -0.3 is 4.90 Å². The highest BCUT2D eigenvalue weighted by molar-refractivity contribution is 7.18. The van der Waals surface area contributed by atoms with Crippen LogP contribution >= 0.6 is 11.3 Å². The first-order valence-electron chi connectivity index (χ1n) is 7.49. The Morgan fingerprint density at radius 3 is 2.48 bits per heavy atom. The van der Waals surface area contributed by atoms with Crippen LogP contribution in [0.1, 0.15) is 16.1 Å². The van der Waals surface area contributed by atoms with Crippen LogP contribution in [0.2, 0.25) is 0 Å². The van der Waals surface area contributed by atoms with E-state index in [2.05, 4.69) is 11.1 Å². The van der Waals surface area contributed by atoms with E-state index < -0.39 is 17.5 Å². The quantitative estimate of drug-likeness (QED) is 0.645. The molecule has 0 N–H and O–H groups in total. The van der Waals surface area contributed by atoms with Gasteiger partial charge in [0.15, 0.2) is 11.6 Å². The fourth-order valence-electron chi connectivity index (χ4n) is 2.58. The summed E-state index contributed by atoms with van der Waals surface area (Å²) in [5.41, 5.74) is 2.37. The number of thiazole rings is 1. The lowest BCUT2D eigenvalue weighted by Gasteiger charge is -2.15. The van der Waals surface area contributed by atoms with Crippen molar-refractivity contribution in [1.82, 2.24) is 4.98 Å². The van der Waals surface area contributed by atoms with Crippen LogP contribution in [0.15, 0.2) is 24.3 Å². The summed E-state index contributed by atoms with van der Waals surface area (Å²) in [7, 11) is 3.78. The number of hydrogen-bond acceptors (Lipinski definition) is 4. The van der Waals surface area contributed by atoms with Gasteiger partial charge in [-0.3, -0.25) is 0 Å². The molecule has 1 heterocycles. The summed E-state index contributed by atoms with van der Waals surface area (Å²) in [5.74, 6) is -3.19. The van der Waals surface area contributed by atoms with E-state index in [1.807, 2.05) is 37.2 Å². The molecule has 0 bridgehead atoms. The zero-order valence-electron chi connectivity index (χ0n) is 13.6. The molecule has 0 saturated carbocycles. The molecule has 128 valence electrons. The van der Waals surface area contributed by atoms with Gasteiger partial charge in [-0.05, 0) is 23.3 Å². The van der Waals surface area contributed by atoms with Gasteiger partial charge in [0.25, 0.3) is 0 Å². The van der Waals surface area contributed by atoms with E-state index in [4.69, 9.17) is 5.26 Å². The van der Waals surface area contributed by atoms with Crippen LogP contribution in [0, 0.1) is 28.8 Å². The molecule has 25 heavy (non-hydrogen) atoms. The van der Waals surface area contributed by atoms with Crippen LogP contribution in [0.5, 0.6) is 0 Å². The van der Waals surface area contributed by atoms with Crippen LogP contribution in [-0.2, 0) is 12.8 Å². The Hall–Kier alpha value is -2.59. The number of nitrogens with zero attached hydrogens (tertiary/aromatic N) is 3. The summed E-state index contributed by atoms with van der Waals surface area (Å²) in [4.78, 5) is 5.98. The molecule has 0 spiro atoms. The molecular weight excluding hydrogens is 347 g/mol. The number of halogens is 3.